The van der Waals surface area contributed by atoms with Gasteiger partial charge in [-0.1, -0.05) is 6.07 Å². The molecule has 0 fully saturated rings. The van der Waals surface area contributed by atoms with E-state index in [2.05, 4.69) is 10.6 Å². The second kappa shape index (κ2) is 6.91. The first kappa shape index (κ1) is 15.8. The maximum Gasteiger partial charge on any atom is 0.258 e. The van der Waals surface area contributed by atoms with Crippen molar-refractivity contribution < 1.29 is 14.0 Å². The van der Waals surface area contributed by atoms with Crippen LogP contribution >= 0.6 is 0 Å². The van der Waals surface area contributed by atoms with E-state index < -0.39 is 0 Å². The van der Waals surface area contributed by atoms with Gasteiger partial charge in [0.1, 0.15) is 6.26 Å². The highest BCUT2D eigenvalue weighted by Crippen LogP contribution is 2.21. The molecular weight excluding hydrogens is 282 g/mol. The Balaban J connectivity index is 2.10. The van der Waals surface area contributed by atoms with Crippen LogP contribution in [0.2, 0.25) is 0 Å². The molecule has 2 rings (SSSR count). The van der Waals surface area contributed by atoms with Crippen molar-refractivity contribution in [3.05, 3.63) is 47.9 Å². The second-order valence-electron chi connectivity index (χ2n) is 5.28. The number of hydrogen-bond acceptors (Lipinski definition) is 4. The average Bonchev–Trinajstić information content (AvgIpc) is 2.95. The van der Waals surface area contributed by atoms with Gasteiger partial charge in [0.15, 0.2) is 0 Å². The summed E-state index contributed by atoms with van der Waals surface area (Å²) in [7, 11) is 3.65. The summed E-state index contributed by atoms with van der Waals surface area (Å²) < 4.78 is 4.89. The summed E-state index contributed by atoms with van der Waals surface area (Å²) >= 11 is 0. The van der Waals surface area contributed by atoms with Crippen LogP contribution in [-0.4, -0.2) is 37.4 Å². The van der Waals surface area contributed by atoms with E-state index in [1.807, 2.05) is 27.1 Å². The zero-order valence-electron chi connectivity index (χ0n) is 12.8. The van der Waals surface area contributed by atoms with Gasteiger partial charge in [0.25, 0.3) is 5.91 Å². The summed E-state index contributed by atoms with van der Waals surface area (Å²) in [6.07, 6.45) is 2.83. The van der Waals surface area contributed by atoms with Crippen LogP contribution in [0.25, 0.3) is 0 Å². The smallest absolute Gasteiger partial charge is 0.258 e. The van der Waals surface area contributed by atoms with E-state index in [0.29, 0.717) is 23.5 Å². The molecule has 0 radical (unpaired) electrons. The van der Waals surface area contributed by atoms with Crippen molar-refractivity contribution in [3.8, 4) is 0 Å². The van der Waals surface area contributed by atoms with Crippen LogP contribution in [0, 0.1) is 6.92 Å². The van der Waals surface area contributed by atoms with Crippen LogP contribution in [0.3, 0.4) is 0 Å². The topological polar surface area (TPSA) is 74.6 Å². The number of carbonyl (C=O) groups is 2. The second-order valence-corrected chi connectivity index (χ2v) is 5.28. The first-order chi connectivity index (χ1) is 10.5. The molecule has 1 heterocycles. The zero-order chi connectivity index (χ0) is 16.1. The molecule has 0 atom stereocenters. The number of aryl methyl sites for hydroxylation is 1. The molecule has 0 aliphatic heterocycles. The number of rotatable bonds is 5. The number of furan rings is 1. The van der Waals surface area contributed by atoms with Crippen molar-refractivity contribution in [2.24, 2.45) is 0 Å². The Labute approximate surface area is 129 Å². The Bertz CT molecular complexity index is 663. The van der Waals surface area contributed by atoms with Crippen LogP contribution in [0.4, 0.5) is 11.4 Å². The normalized spacial score (nSPS) is 10.5. The average molecular weight is 301 g/mol. The minimum Gasteiger partial charge on any atom is -0.472 e. The third-order valence-electron chi connectivity index (χ3n) is 3.01. The number of nitrogens with one attached hydrogen (secondary N) is 2. The van der Waals surface area contributed by atoms with Gasteiger partial charge in [-0.05, 0) is 44.8 Å². The number of likely N-dealkylation sites (N-methyl/N-ethyl adjacent to an activating group) is 1. The standard InChI is InChI=1S/C16H19N3O3/c1-11-4-5-13(17-15(20)9-19(2)3)8-14(11)18-16(21)12-6-7-22-10-12/h4-8,10H,9H2,1-3H3,(H,17,20)(H,18,21). The highest BCUT2D eigenvalue weighted by atomic mass is 16.3. The Morgan fingerprint density at radius 2 is 1.95 bits per heavy atom. The van der Waals surface area contributed by atoms with Crippen molar-refractivity contribution >= 4 is 23.2 Å². The number of nitrogens with zero attached hydrogens (tertiary/aromatic N) is 1. The Hall–Kier alpha value is -2.60. The predicted octanol–water partition coefficient (Wildman–Crippen LogP) is 2.34. The van der Waals surface area contributed by atoms with Crippen molar-refractivity contribution in [2.45, 2.75) is 6.92 Å². The first-order valence-electron chi connectivity index (χ1n) is 6.84. The minimum absolute atomic E-state index is 0.110. The molecule has 116 valence electrons. The number of carbonyl (C=O) groups excluding carboxylic acids is 2. The molecule has 2 aromatic rings. The molecule has 0 spiro atoms. The van der Waals surface area contributed by atoms with Gasteiger partial charge in [0.2, 0.25) is 5.91 Å². The van der Waals surface area contributed by atoms with Crippen LogP contribution in [0.5, 0.6) is 0 Å². The molecule has 0 saturated heterocycles. The van der Waals surface area contributed by atoms with E-state index in [0.717, 1.165) is 5.56 Å². The molecule has 0 bridgehead atoms. The SMILES string of the molecule is Cc1ccc(NC(=O)CN(C)C)cc1NC(=O)c1ccoc1. The fourth-order valence-electron chi connectivity index (χ4n) is 1.91. The molecule has 0 aliphatic carbocycles. The summed E-state index contributed by atoms with van der Waals surface area (Å²) in [5.74, 6) is -0.366. The predicted molar refractivity (Wildman–Crippen MR) is 85.0 cm³/mol. The fraction of sp³-hybridized carbons (Fsp3) is 0.250. The largest absolute Gasteiger partial charge is 0.472 e. The maximum absolute atomic E-state index is 12.0. The van der Waals surface area contributed by atoms with E-state index in [1.165, 1.54) is 12.5 Å². The lowest BCUT2D eigenvalue weighted by Gasteiger charge is -2.13. The van der Waals surface area contributed by atoms with Gasteiger partial charge in [-0.3, -0.25) is 9.59 Å². The molecule has 0 aliphatic rings. The summed E-state index contributed by atoms with van der Waals surface area (Å²) in [4.78, 5) is 25.6. The van der Waals surface area contributed by atoms with Gasteiger partial charge < -0.3 is 20.0 Å². The lowest BCUT2D eigenvalue weighted by Crippen LogP contribution is -2.27. The number of benzene rings is 1. The molecular formula is C16H19N3O3. The van der Waals surface area contributed by atoms with Gasteiger partial charge in [0, 0.05) is 11.4 Å². The van der Waals surface area contributed by atoms with Crippen LogP contribution in [0.15, 0.2) is 41.2 Å². The Morgan fingerprint density at radius 1 is 1.18 bits per heavy atom. The van der Waals surface area contributed by atoms with Gasteiger partial charge in [-0.25, -0.2) is 0 Å². The molecule has 2 amide bonds. The van der Waals surface area contributed by atoms with Crippen LogP contribution in [0.1, 0.15) is 15.9 Å². The van der Waals surface area contributed by atoms with Crippen molar-refractivity contribution in [3.63, 3.8) is 0 Å². The van der Waals surface area contributed by atoms with E-state index in [4.69, 9.17) is 4.42 Å². The molecule has 22 heavy (non-hydrogen) atoms. The van der Waals surface area contributed by atoms with Gasteiger partial charge in [0.05, 0.1) is 18.4 Å². The van der Waals surface area contributed by atoms with E-state index in [9.17, 15) is 9.59 Å². The quantitative estimate of drug-likeness (QED) is 0.889. The lowest BCUT2D eigenvalue weighted by molar-refractivity contribution is -0.116. The molecule has 6 nitrogen and oxygen atoms in total. The monoisotopic (exact) mass is 301 g/mol. The fourth-order valence-corrected chi connectivity index (χ4v) is 1.91. The molecule has 6 heteroatoms. The molecule has 0 unspecified atom stereocenters. The summed E-state index contributed by atoms with van der Waals surface area (Å²) in [5.41, 5.74) is 2.64. The van der Waals surface area contributed by atoms with Crippen LogP contribution in [-0.2, 0) is 4.79 Å². The van der Waals surface area contributed by atoms with Crippen molar-refractivity contribution in [2.75, 3.05) is 31.3 Å². The van der Waals surface area contributed by atoms with Crippen molar-refractivity contribution in [1.82, 2.24) is 4.90 Å². The third kappa shape index (κ3) is 4.20. The zero-order valence-corrected chi connectivity index (χ0v) is 12.8. The highest BCUT2D eigenvalue weighted by Gasteiger charge is 2.10. The van der Waals surface area contributed by atoms with Gasteiger partial charge >= 0.3 is 0 Å². The van der Waals surface area contributed by atoms with E-state index >= 15 is 0 Å². The Kier molecular flexibility index (Phi) is 4.95. The van der Waals surface area contributed by atoms with Gasteiger partial charge in [-0.2, -0.15) is 0 Å². The molecule has 1 aromatic heterocycles. The maximum atomic E-state index is 12.0. The summed E-state index contributed by atoms with van der Waals surface area (Å²) in [5, 5.41) is 5.60. The molecule has 1 aromatic carbocycles. The van der Waals surface area contributed by atoms with E-state index in [1.54, 1.807) is 23.1 Å². The highest BCUT2D eigenvalue weighted by molar-refractivity contribution is 6.05. The first-order valence-corrected chi connectivity index (χ1v) is 6.84. The molecule has 0 saturated carbocycles. The number of anilines is 2. The lowest BCUT2D eigenvalue weighted by atomic mass is 10.1. The van der Waals surface area contributed by atoms with E-state index in [-0.39, 0.29) is 11.8 Å². The number of amides is 2. The number of hydrogen-bond donors (Lipinski definition) is 2. The third-order valence-corrected chi connectivity index (χ3v) is 3.01. The van der Waals surface area contributed by atoms with Crippen molar-refractivity contribution in [1.29, 1.82) is 0 Å². The summed E-state index contributed by atoms with van der Waals surface area (Å²) in [6.45, 7) is 2.18. The molecule has 2 N–H and O–H groups in total. The Morgan fingerprint density at radius 3 is 2.59 bits per heavy atom. The minimum atomic E-state index is -0.256. The van der Waals surface area contributed by atoms with Crippen LogP contribution < -0.4 is 10.6 Å². The summed E-state index contributed by atoms with van der Waals surface area (Å²) in [6, 6.07) is 6.97. The van der Waals surface area contributed by atoms with Gasteiger partial charge in [-0.15, -0.1) is 0 Å².